The zero-order chi connectivity index (χ0) is 5.28. The van der Waals surface area contributed by atoms with Crippen LogP contribution >= 0.6 is 0 Å². The number of hydrogen-bond donors (Lipinski definition) is 0. The van der Waals surface area contributed by atoms with Gasteiger partial charge in [-0.1, -0.05) is 0 Å². The van der Waals surface area contributed by atoms with E-state index in [-0.39, 0.29) is 6.10 Å². The van der Waals surface area contributed by atoms with Crippen LogP contribution in [0, 0.1) is 0 Å². The van der Waals surface area contributed by atoms with E-state index in [0.29, 0.717) is 6.61 Å². The molecule has 1 aliphatic heterocycles. The molecule has 0 spiro atoms. The second-order valence-corrected chi connectivity index (χ2v) is 4.41. The maximum absolute atomic E-state index is 10.3. The summed E-state index contributed by atoms with van der Waals surface area (Å²) < 4.78 is 19.8. The van der Waals surface area contributed by atoms with Crippen LogP contribution in [0.1, 0.15) is 6.92 Å². The summed E-state index contributed by atoms with van der Waals surface area (Å²) in [7, 11) is 0. The van der Waals surface area contributed by atoms with Crippen molar-refractivity contribution >= 4 is 20.6 Å². The minimum atomic E-state index is -2.83. The molecule has 0 bridgehead atoms. The van der Waals surface area contributed by atoms with Gasteiger partial charge in [-0.05, 0) is 0 Å². The minimum absolute atomic E-state index is 0.0758. The molecule has 4 heteroatoms. The second kappa shape index (κ2) is 2.19. The van der Waals surface area contributed by atoms with Crippen LogP contribution in [0.4, 0.5) is 0 Å². The van der Waals surface area contributed by atoms with Crippen molar-refractivity contribution in [2.45, 2.75) is 13.0 Å². The Bertz CT molecular complexity index is 92.2. The molecule has 0 amide bonds. The summed E-state index contributed by atoms with van der Waals surface area (Å²) in [5, 5.41) is 0. The summed E-state index contributed by atoms with van der Waals surface area (Å²) in [6, 6.07) is 0. The van der Waals surface area contributed by atoms with Crippen molar-refractivity contribution in [3.8, 4) is 0 Å². The van der Waals surface area contributed by atoms with E-state index < -0.39 is 20.6 Å². The zero-order valence-corrected chi connectivity index (χ0v) is 6.86. The number of rotatable bonds is 0. The Morgan fingerprint density at radius 3 is 2.71 bits per heavy atom. The SMILES string of the molecule is CC1C[O][Sn](=[O])[O]1. The van der Waals surface area contributed by atoms with Gasteiger partial charge in [0.2, 0.25) is 0 Å². The third kappa shape index (κ3) is 1.47. The van der Waals surface area contributed by atoms with Gasteiger partial charge in [-0.2, -0.15) is 0 Å². The van der Waals surface area contributed by atoms with E-state index in [1.165, 1.54) is 0 Å². The predicted molar refractivity (Wildman–Crippen MR) is 22.9 cm³/mol. The Morgan fingerprint density at radius 1 is 1.86 bits per heavy atom. The molecule has 0 N–H and O–H groups in total. The molecular weight excluding hydrogens is 203 g/mol. The predicted octanol–water partition coefficient (Wildman–Crippen LogP) is -0.163. The zero-order valence-electron chi connectivity index (χ0n) is 4.01. The van der Waals surface area contributed by atoms with Crippen LogP contribution in [0.2, 0.25) is 0 Å². The first-order valence-electron chi connectivity index (χ1n) is 2.12. The molecule has 0 aromatic heterocycles. The number of hydrogen-bond acceptors (Lipinski definition) is 3. The molecular formula is C3H6O3Sn. The Morgan fingerprint density at radius 2 is 2.57 bits per heavy atom. The van der Waals surface area contributed by atoms with Crippen LogP contribution in [0.15, 0.2) is 0 Å². The van der Waals surface area contributed by atoms with Gasteiger partial charge in [0.25, 0.3) is 0 Å². The van der Waals surface area contributed by atoms with Crippen LogP contribution in [-0.2, 0) is 9.23 Å². The average molecular weight is 209 g/mol. The third-order valence-electron chi connectivity index (χ3n) is 0.733. The van der Waals surface area contributed by atoms with E-state index in [1.54, 1.807) is 0 Å². The molecule has 0 saturated carbocycles. The fraction of sp³-hybridized carbons (Fsp3) is 1.00. The second-order valence-electron chi connectivity index (χ2n) is 1.49. The van der Waals surface area contributed by atoms with Gasteiger partial charge in [0.05, 0.1) is 0 Å². The van der Waals surface area contributed by atoms with E-state index in [1.807, 2.05) is 6.92 Å². The van der Waals surface area contributed by atoms with Crippen molar-refractivity contribution in [2.24, 2.45) is 0 Å². The van der Waals surface area contributed by atoms with Gasteiger partial charge in [-0.15, -0.1) is 0 Å². The average Bonchev–Trinajstić information content (AvgIpc) is 1.87. The molecule has 1 saturated heterocycles. The molecule has 7 heavy (non-hydrogen) atoms. The third-order valence-corrected chi connectivity index (χ3v) is 3.58. The quantitative estimate of drug-likeness (QED) is 0.519. The van der Waals surface area contributed by atoms with Crippen molar-refractivity contribution in [1.82, 2.24) is 0 Å². The first kappa shape index (κ1) is 5.65. The molecule has 40 valence electrons. The van der Waals surface area contributed by atoms with Crippen molar-refractivity contribution in [3.63, 3.8) is 0 Å². The molecule has 0 aliphatic carbocycles. The Labute approximate surface area is 49.8 Å². The van der Waals surface area contributed by atoms with Crippen molar-refractivity contribution in [2.75, 3.05) is 6.61 Å². The molecule has 1 unspecified atom stereocenters. The van der Waals surface area contributed by atoms with Crippen LogP contribution < -0.4 is 0 Å². The molecule has 1 atom stereocenters. The molecule has 0 aromatic rings. The topological polar surface area (TPSA) is 35.5 Å². The summed E-state index contributed by atoms with van der Waals surface area (Å²) in [4.78, 5) is 0. The Hall–Kier alpha value is 0.519. The Balaban J connectivity index is 2.40. The van der Waals surface area contributed by atoms with Crippen molar-refractivity contribution < 1.29 is 9.23 Å². The van der Waals surface area contributed by atoms with E-state index in [4.69, 9.17) is 3.07 Å². The van der Waals surface area contributed by atoms with Crippen LogP contribution in [0.25, 0.3) is 0 Å². The summed E-state index contributed by atoms with van der Waals surface area (Å²) in [6.45, 7) is 2.38. The van der Waals surface area contributed by atoms with E-state index in [2.05, 4.69) is 3.07 Å². The summed E-state index contributed by atoms with van der Waals surface area (Å²) in [5.74, 6) is 0. The van der Waals surface area contributed by atoms with Crippen LogP contribution in [0.3, 0.4) is 0 Å². The fourth-order valence-corrected chi connectivity index (χ4v) is 2.80. The van der Waals surface area contributed by atoms with Gasteiger partial charge in [-0.25, -0.2) is 0 Å². The van der Waals surface area contributed by atoms with Crippen LogP contribution in [0.5, 0.6) is 0 Å². The van der Waals surface area contributed by atoms with Gasteiger partial charge in [0, 0.05) is 0 Å². The van der Waals surface area contributed by atoms with Crippen LogP contribution in [-0.4, -0.2) is 33.3 Å². The summed E-state index contributed by atoms with van der Waals surface area (Å²) in [5.41, 5.74) is 0. The Kier molecular flexibility index (Phi) is 1.77. The van der Waals surface area contributed by atoms with E-state index >= 15 is 0 Å². The monoisotopic (exact) mass is 210 g/mol. The van der Waals surface area contributed by atoms with Crippen molar-refractivity contribution in [3.05, 3.63) is 0 Å². The van der Waals surface area contributed by atoms with Gasteiger partial charge < -0.3 is 0 Å². The van der Waals surface area contributed by atoms with Crippen molar-refractivity contribution in [1.29, 1.82) is 0 Å². The summed E-state index contributed by atoms with van der Waals surface area (Å²) >= 11 is -2.83. The summed E-state index contributed by atoms with van der Waals surface area (Å²) in [6.07, 6.45) is 0.0758. The first-order chi connectivity index (χ1) is 3.29. The fourth-order valence-electron chi connectivity index (χ4n) is 0.418. The van der Waals surface area contributed by atoms with Gasteiger partial charge in [0.15, 0.2) is 0 Å². The van der Waals surface area contributed by atoms with E-state index in [9.17, 15) is 3.08 Å². The first-order valence-corrected chi connectivity index (χ1v) is 5.62. The molecule has 0 aromatic carbocycles. The molecule has 1 heterocycles. The standard InChI is InChI=1S/C3H6O2.O.Sn/c1-3(5)2-4;;/h3H,2H2,1H3;;/q-2;;+2. The maximum atomic E-state index is 10.3. The molecule has 1 rings (SSSR count). The molecule has 1 aliphatic rings. The molecule has 0 radical (unpaired) electrons. The normalized spacial score (nSPS) is 31.6. The van der Waals surface area contributed by atoms with Gasteiger partial charge >= 0.3 is 49.4 Å². The van der Waals surface area contributed by atoms with E-state index in [0.717, 1.165) is 0 Å². The molecule has 1 fully saturated rings. The molecule has 3 nitrogen and oxygen atoms in total. The van der Waals surface area contributed by atoms with Gasteiger partial charge in [-0.3, -0.25) is 0 Å². The van der Waals surface area contributed by atoms with Gasteiger partial charge in [0.1, 0.15) is 0 Å².